The molecule has 3 aromatic carbocycles. The molecule has 1 fully saturated rings. The van der Waals surface area contributed by atoms with Gasteiger partial charge in [0, 0.05) is 42.3 Å². The molecular weight excluding hydrogens is 661 g/mol. The Balaban J connectivity index is 1.36. The van der Waals surface area contributed by atoms with Gasteiger partial charge in [0.2, 0.25) is 5.91 Å². The lowest BCUT2D eigenvalue weighted by Gasteiger charge is -2.38. The summed E-state index contributed by atoms with van der Waals surface area (Å²) in [4.78, 5) is 44.6. The van der Waals surface area contributed by atoms with Crippen LogP contribution in [0.2, 0.25) is 0 Å². The van der Waals surface area contributed by atoms with Crippen molar-refractivity contribution in [3.63, 3.8) is 0 Å². The van der Waals surface area contributed by atoms with Gasteiger partial charge in [0.1, 0.15) is 11.9 Å². The number of fused-ring (bicyclic) bond motifs is 1. The Kier molecular flexibility index (Phi) is 10.1. The predicted molar refractivity (Wildman–Crippen MR) is 186 cm³/mol. The van der Waals surface area contributed by atoms with Crippen LogP contribution in [0.1, 0.15) is 51.1 Å². The molecule has 2 N–H and O–H groups in total. The molecule has 0 aliphatic carbocycles. The summed E-state index contributed by atoms with van der Waals surface area (Å²) in [6.07, 6.45) is -4.65. The summed E-state index contributed by atoms with van der Waals surface area (Å²) in [6, 6.07) is 19.8. The summed E-state index contributed by atoms with van der Waals surface area (Å²) in [5, 5.41) is 10.5. The zero-order valence-corrected chi connectivity index (χ0v) is 28.5. The van der Waals surface area contributed by atoms with E-state index in [9.17, 15) is 27.6 Å². The number of benzene rings is 3. The number of amides is 3. The van der Waals surface area contributed by atoms with Crippen molar-refractivity contribution in [1.29, 1.82) is 0 Å². The van der Waals surface area contributed by atoms with E-state index in [2.05, 4.69) is 17.2 Å². The third kappa shape index (κ3) is 7.31. The van der Waals surface area contributed by atoms with E-state index < -0.39 is 35.5 Å². The lowest BCUT2D eigenvalue weighted by Crippen LogP contribution is -2.55. The van der Waals surface area contributed by atoms with E-state index in [1.54, 1.807) is 22.6 Å². The van der Waals surface area contributed by atoms with Gasteiger partial charge in [-0.2, -0.15) is 18.3 Å². The standard InChI is InChI=1S/C38H39F3N6O4/c1-5-46-36-31(24(3)44-47(36)29-15-7-6-8-16-29)32(33(37(46)50)43-35(49)27-13-10-14-28(18-27)38(39,40)41)26-12-9-11-25(17-26)19-42-34(48)23(2)20-45(4)30-21-51-22-30/h6-18,30,32-33H,2,5,19-22H2,1,3-4H3,(H,42,48)(H,43,49)/t32-,33+/m1/s1. The summed E-state index contributed by atoms with van der Waals surface area (Å²) < 4.78 is 47.6. The average molecular weight is 701 g/mol. The SMILES string of the molecule is C=C(CN(C)C1COC1)C(=O)NCc1cccc([C@@H]2c3c(C)nn(-c4ccccc4)c3N(CC)C(=O)[C@H]2NC(=O)c2cccc(C(F)(F)F)c2)c1. The second-order valence-corrected chi connectivity index (χ2v) is 12.8. The van der Waals surface area contributed by atoms with Crippen molar-refractivity contribution in [3.8, 4) is 5.69 Å². The van der Waals surface area contributed by atoms with Crippen LogP contribution in [0.15, 0.2) is 91.0 Å². The molecule has 6 rings (SSSR count). The van der Waals surface area contributed by atoms with Crippen LogP contribution in [0.25, 0.3) is 5.69 Å². The van der Waals surface area contributed by atoms with Gasteiger partial charge < -0.3 is 15.4 Å². The van der Waals surface area contributed by atoms with E-state index >= 15 is 0 Å². The number of aromatic nitrogens is 2. The van der Waals surface area contributed by atoms with Crippen molar-refractivity contribution >= 4 is 23.5 Å². The van der Waals surface area contributed by atoms with Gasteiger partial charge in [0.05, 0.1) is 36.2 Å². The van der Waals surface area contributed by atoms with Crippen molar-refractivity contribution in [2.24, 2.45) is 0 Å². The molecule has 51 heavy (non-hydrogen) atoms. The summed E-state index contributed by atoms with van der Waals surface area (Å²) >= 11 is 0. The van der Waals surface area contributed by atoms with E-state index in [4.69, 9.17) is 9.84 Å². The number of carbonyl (C=O) groups is 3. The van der Waals surface area contributed by atoms with Crippen LogP contribution in [0.4, 0.5) is 19.0 Å². The number of halogens is 3. The van der Waals surface area contributed by atoms with Crippen LogP contribution < -0.4 is 15.5 Å². The Bertz CT molecular complexity index is 1960. The van der Waals surface area contributed by atoms with E-state index in [0.717, 1.165) is 29.4 Å². The fourth-order valence-electron chi connectivity index (χ4n) is 6.54. The van der Waals surface area contributed by atoms with Crippen molar-refractivity contribution in [2.45, 2.75) is 44.6 Å². The molecule has 4 aromatic rings. The van der Waals surface area contributed by atoms with E-state index in [0.29, 0.717) is 48.0 Å². The van der Waals surface area contributed by atoms with Crippen molar-refractivity contribution in [3.05, 3.63) is 125 Å². The van der Waals surface area contributed by atoms with Crippen molar-refractivity contribution < 1.29 is 32.3 Å². The van der Waals surface area contributed by atoms with Gasteiger partial charge in [-0.25, -0.2) is 4.68 Å². The molecule has 2 aliphatic rings. The quantitative estimate of drug-likeness (QED) is 0.214. The van der Waals surface area contributed by atoms with Crippen LogP contribution in [0, 0.1) is 6.92 Å². The minimum absolute atomic E-state index is 0.167. The molecule has 0 saturated carbocycles. The Hall–Kier alpha value is -5.27. The number of hydrogen-bond donors (Lipinski definition) is 2. The number of rotatable bonds is 11. The van der Waals surface area contributed by atoms with Gasteiger partial charge in [0.25, 0.3) is 11.8 Å². The fraction of sp³-hybridized carbons (Fsp3) is 0.316. The molecule has 2 atom stereocenters. The maximum atomic E-state index is 14.4. The zero-order chi connectivity index (χ0) is 36.4. The Morgan fingerprint density at radius 1 is 1.04 bits per heavy atom. The number of nitrogens with one attached hydrogen (secondary N) is 2. The van der Waals surface area contributed by atoms with Crippen molar-refractivity contribution in [2.75, 3.05) is 38.3 Å². The first kappa shape index (κ1) is 35.6. The lowest BCUT2D eigenvalue weighted by molar-refractivity contribution is -0.137. The maximum absolute atomic E-state index is 14.4. The lowest BCUT2D eigenvalue weighted by atomic mass is 9.80. The monoisotopic (exact) mass is 700 g/mol. The number of para-hydroxylation sites is 1. The summed E-state index contributed by atoms with van der Waals surface area (Å²) in [5.74, 6) is -1.79. The molecule has 3 heterocycles. The highest BCUT2D eigenvalue weighted by atomic mass is 19.4. The smallest absolute Gasteiger partial charge is 0.378 e. The predicted octanol–water partition coefficient (Wildman–Crippen LogP) is 5.00. The Labute approximate surface area is 293 Å². The molecular formula is C38H39F3N6O4. The summed E-state index contributed by atoms with van der Waals surface area (Å²) in [6.45, 7) is 9.61. The average Bonchev–Trinajstić information content (AvgIpc) is 3.43. The highest BCUT2D eigenvalue weighted by Gasteiger charge is 2.45. The number of alkyl halides is 3. The summed E-state index contributed by atoms with van der Waals surface area (Å²) in [7, 11) is 1.92. The Morgan fingerprint density at radius 3 is 2.43 bits per heavy atom. The molecule has 10 nitrogen and oxygen atoms in total. The number of nitrogens with zero attached hydrogens (tertiary/aromatic N) is 4. The fourth-order valence-corrected chi connectivity index (χ4v) is 6.54. The number of anilines is 1. The zero-order valence-electron chi connectivity index (χ0n) is 28.5. The molecule has 0 radical (unpaired) electrons. The number of ether oxygens (including phenoxy) is 1. The van der Waals surface area contributed by atoms with E-state index in [1.165, 1.54) is 6.07 Å². The highest BCUT2D eigenvalue weighted by Crippen LogP contribution is 2.43. The molecule has 2 aliphatic heterocycles. The number of hydrogen-bond acceptors (Lipinski definition) is 6. The number of aryl methyl sites for hydroxylation is 1. The normalized spacial score (nSPS) is 17.5. The minimum Gasteiger partial charge on any atom is -0.378 e. The topological polar surface area (TPSA) is 109 Å². The van der Waals surface area contributed by atoms with Gasteiger partial charge in [-0.05, 0) is 62.4 Å². The van der Waals surface area contributed by atoms with Crippen molar-refractivity contribution in [1.82, 2.24) is 25.3 Å². The largest absolute Gasteiger partial charge is 0.416 e. The first-order chi connectivity index (χ1) is 24.4. The molecule has 3 amide bonds. The molecule has 266 valence electrons. The maximum Gasteiger partial charge on any atom is 0.416 e. The third-order valence-electron chi connectivity index (χ3n) is 9.34. The molecule has 1 saturated heterocycles. The second kappa shape index (κ2) is 14.5. The van der Waals surface area contributed by atoms with Gasteiger partial charge in [0.15, 0.2) is 0 Å². The molecule has 0 spiro atoms. The van der Waals surface area contributed by atoms with Crippen LogP contribution >= 0.6 is 0 Å². The molecule has 0 bridgehead atoms. The van der Waals surface area contributed by atoms with Gasteiger partial charge in [-0.15, -0.1) is 0 Å². The van der Waals surface area contributed by atoms with Gasteiger partial charge in [-0.1, -0.05) is 55.1 Å². The number of carbonyl (C=O) groups excluding carboxylic acids is 3. The molecule has 0 unspecified atom stereocenters. The van der Waals surface area contributed by atoms with E-state index in [1.807, 2.05) is 67.4 Å². The van der Waals surface area contributed by atoms with Gasteiger partial charge >= 0.3 is 6.18 Å². The van der Waals surface area contributed by atoms with Crippen LogP contribution in [-0.4, -0.2) is 77.8 Å². The summed E-state index contributed by atoms with van der Waals surface area (Å²) in [5.41, 5.74) is 2.62. The molecule has 13 heteroatoms. The van der Waals surface area contributed by atoms with E-state index in [-0.39, 0.29) is 30.6 Å². The molecule has 1 aromatic heterocycles. The Morgan fingerprint density at radius 2 is 1.76 bits per heavy atom. The van der Waals surface area contributed by atoms with Crippen LogP contribution in [0.3, 0.4) is 0 Å². The number of likely N-dealkylation sites (N-methyl/N-ethyl adjacent to an activating group) is 2. The van der Waals surface area contributed by atoms with Gasteiger partial charge in [-0.3, -0.25) is 24.2 Å². The third-order valence-corrected chi connectivity index (χ3v) is 9.34. The van der Waals surface area contributed by atoms with Crippen LogP contribution in [0.5, 0.6) is 0 Å². The minimum atomic E-state index is -4.65. The second-order valence-electron chi connectivity index (χ2n) is 12.8. The first-order valence-electron chi connectivity index (χ1n) is 16.6. The first-order valence-corrected chi connectivity index (χ1v) is 16.6. The van der Waals surface area contributed by atoms with Crippen LogP contribution in [-0.2, 0) is 27.0 Å². The highest BCUT2D eigenvalue weighted by molar-refractivity contribution is 6.05.